The van der Waals surface area contributed by atoms with Crippen molar-refractivity contribution >= 4 is 39.5 Å². The lowest BCUT2D eigenvalue weighted by molar-refractivity contribution is -0.127. The monoisotopic (exact) mass is 369 g/mol. The topological polar surface area (TPSA) is 87.7 Å². The number of anilines is 1. The highest BCUT2D eigenvalue weighted by molar-refractivity contribution is 9.10. The van der Waals surface area contributed by atoms with E-state index in [2.05, 4.69) is 31.5 Å². The lowest BCUT2D eigenvalue weighted by atomic mass is 10.1. The number of para-hydroxylation sites is 1. The number of benzene rings is 1. The molecule has 2 N–H and O–H groups in total. The van der Waals surface area contributed by atoms with Crippen molar-refractivity contribution in [1.82, 2.24) is 10.9 Å². The Morgan fingerprint density at radius 1 is 1.36 bits per heavy atom. The van der Waals surface area contributed by atoms with E-state index in [0.29, 0.717) is 0 Å². The molecule has 1 atom stereocenters. The lowest BCUT2D eigenvalue weighted by Gasteiger charge is -2.18. The second-order valence-corrected chi connectivity index (χ2v) is 5.55. The molecule has 118 valence electrons. The molecule has 2 rings (SSSR count). The molecule has 0 radical (unpaired) electrons. The summed E-state index contributed by atoms with van der Waals surface area (Å²) in [4.78, 5) is 36.8. The Balaban J connectivity index is 1.96. The highest BCUT2D eigenvalue weighted by atomic mass is 79.9. The molecule has 1 aromatic carbocycles. The number of halogens is 1. The number of hydrogen-bond donors (Lipinski definition) is 2. The number of nitrogens with zero attached hydrogens (tertiary/aromatic N) is 1. The van der Waals surface area contributed by atoms with E-state index in [-0.39, 0.29) is 25.5 Å². The molecule has 0 aliphatic carbocycles. The van der Waals surface area contributed by atoms with E-state index in [0.717, 1.165) is 10.2 Å². The molecule has 0 bridgehead atoms. The zero-order valence-corrected chi connectivity index (χ0v) is 13.6. The van der Waals surface area contributed by atoms with Gasteiger partial charge < -0.3 is 9.64 Å². The summed E-state index contributed by atoms with van der Waals surface area (Å²) in [6, 6.07) is 7.31. The van der Waals surface area contributed by atoms with Crippen LogP contribution in [0.25, 0.3) is 0 Å². The van der Waals surface area contributed by atoms with E-state index < -0.39 is 17.9 Å². The molecule has 1 aliphatic rings. The second kappa shape index (κ2) is 7.26. The van der Waals surface area contributed by atoms with Crippen molar-refractivity contribution in [3.8, 4) is 0 Å². The van der Waals surface area contributed by atoms with Crippen LogP contribution in [0.15, 0.2) is 28.7 Å². The van der Waals surface area contributed by atoms with Gasteiger partial charge in [-0.1, -0.05) is 12.1 Å². The molecule has 0 saturated carbocycles. The summed E-state index contributed by atoms with van der Waals surface area (Å²) < 4.78 is 5.42. The van der Waals surface area contributed by atoms with E-state index in [1.807, 2.05) is 18.2 Å². The summed E-state index contributed by atoms with van der Waals surface area (Å²) in [5.41, 5.74) is 5.13. The van der Waals surface area contributed by atoms with E-state index in [9.17, 15) is 14.4 Å². The first-order valence-electron chi connectivity index (χ1n) is 6.80. The first-order valence-corrected chi connectivity index (χ1v) is 7.59. The van der Waals surface area contributed by atoms with Crippen LogP contribution in [0.3, 0.4) is 0 Å². The van der Waals surface area contributed by atoms with E-state index in [1.54, 1.807) is 17.9 Å². The predicted octanol–water partition coefficient (Wildman–Crippen LogP) is 1.58. The minimum absolute atomic E-state index is 0.0949. The lowest BCUT2D eigenvalue weighted by Crippen LogP contribution is -2.45. The van der Waals surface area contributed by atoms with Crippen molar-refractivity contribution in [2.75, 3.05) is 18.1 Å². The Hall–Kier alpha value is -2.09. The number of hydrazine groups is 1. The van der Waals surface area contributed by atoms with Crippen LogP contribution < -0.4 is 15.8 Å². The van der Waals surface area contributed by atoms with Crippen molar-refractivity contribution in [3.05, 3.63) is 28.7 Å². The van der Waals surface area contributed by atoms with Crippen molar-refractivity contribution in [3.63, 3.8) is 0 Å². The van der Waals surface area contributed by atoms with Gasteiger partial charge in [-0.2, -0.15) is 0 Å². The molecule has 7 nitrogen and oxygen atoms in total. The van der Waals surface area contributed by atoms with Crippen LogP contribution in [-0.2, 0) is 14.3 Å². The third kappa shape index (κ3) is 3.76. The molecule has 22 heavy (non-hydrogen) atoms. The van der Waals surface area contributed by atoms with Gasteiger partial charge in [0.1, 0.15) is 0 Å². The minimum atomic E-state index is -0.733. The van der Waals surface area contributed by atoms with E-state index in [1.165, 1.54) is 0 Å². The number of rotatable bonds is 3. The maximum Gasteiger partial charge on any atom is 0.426 e. The number of carbonyl (C=O) groups excluding carboxylic acids is 3. The molecular weight excluding hydrogens is 354 g/mol. The number of ether oxygens (including phenoxy) is 1. The fraction of sp³-hybridized carbons (Fsp3) is 0.357. The molecule has 0 spiro atoms. The molecule has 1 heterocycles. The Morgan fingerprint density at radius 2 is 2.09 bits per heavy atom. The normalized spacial score (nSPS) is 17.3. The van der Waals surface area contributed by atoms with Gasteiger partial charge >= 0.3 is 6.09 Å². The fourth-order valence-corrected chi connectivity index (χ4v) is 2.67. The van der Waals surface area contributed by atoms with E-state index in [4.69, 9.17) is 0 Å². The summed E-state index contributed by atoms with van der Waals surface area (Å²) in [6.07, 6.45) is -0.639. The van der Waals surface area contributed by atoms with Gasteiger partial charge in [0.05, 0.1) is 18.2 Å². The number of nitrogens with one attached hydrogen (secondary N) is 2. The molecule has 1 aliphatic heterocycles. The molecule has 1 saturated heterocycles. The van der Waals surface area contributed by atoms with Crippen LogP contribution in [0.2, 0.25) is 0 Å². The van der Waals surface area contributed by atoms with Crippen LogP contribution >= 0.6 is 15.9 Å². The third-order valence-corrected chi connectivity index (χ3v) is 3.87. The van der Waals surface area contributed by atoms with Crippen LogP contribution in [0.5, 0.6) is 0 Å². The smallest absolute Gasteiger partial charge is 0.426 e. The first kappa shape index (κ1) is 16.3. The van der Waals surface area contributed by atoms with Gasteiger partial charge in [0, 0.05) is 17.4 Å². The molecule has 1 unspecified atom stereocenters. The Bertz CT molecular complexity index is 593. The van der Waals surface area contributed by atoms with Crippen molar-refractivity contribution < 1.29 is 19.1 Å². The van der Waals surface area contributed by atoms with Crippen LogP contribution in [0, 0.1) is 5.92 Å². The second-order valence-electron chi connectivity index (χ2n) is 4.69. The largest absolute Gasteiger partial charge is 0.449 e. The molecule has 8 heteroatoms. The van der Waals surface area contributed by atoms with Gasteiger partial charge in [0.25, 0.3) is 0 Å². The van der Waals surface area contributed by atoms with Crippen LogP contribution in [0.4, 0.5) is 10.5 Å². The number of hydrogen-bond acceptors (Lipinski definition) is 4. The number of amides is 3. The van der Waals surface area contributed by atoms with Crippen LogP contribution in [0.1, 0.15) is 13.3 Å². The molecule has 1 aromatic rings. The highest BCUT2D eigenvalue weighted by Gasteiger charge is 2.35. The van der Waals surface area contributed by atoms with Crippen molar-refractivity contribution in [2.24, 2.45) is 5.92 Å². The van der Waals surface area contributed by atoms with Gasteiger partial charge in [0.15, 0.2) is 0 Å². The van der Waals surface area contributed by atoms with E-state index >= 15 is 0 Å². The van der Waals surface area contributed by atoms with Crippen molar-refractivity contribution in [2.45, 2.75) is 13.3 Å². The SMILES string of the molecule is CCOC(=O)NNC(=O)C1CC(=O)N(c2ccccc2Br)C1. The summed E-state index contributed by atoms with van der Waals surface area (Å²) in [6.45, 7) is 2.13. The molecular formula is C14H16BrN3O4. The van der Waals surface area contributed by atoms with Gasteiger partial charge in [-0.25, -0.2) is 10.2 Å². The van der Waals surface area contributed by atoms with Gasteiger partial charge in [0.2, 0.25) is 11.8 Å². The first-order chi connectivity index (χ1) is 10.5. The number of carbonyl (C=O) groups is 3. The summed E-state index contributed by atoms with van der Waals surface area (Å²) in [5.74, 6) is -1.08. The minimum Gasteiger partial charge on any atom is -0.449 e. The zero-order chi connectivity index (χ0) is 16.1. The molecule has 1 fully saturated rings. The standard InChI is InChI=1S/C14H16BrN3O4/c1-2-22-14(21)17-16-13(20)9-7-12(19)18(8-9)11-6-4-3-5-10(11)15/h3-6,9H,2,7-8H2,1H3,(H,16,20)(H,17,21). The molecule has 3 amide bonds. The summed E-state index contributed by atoms with van der Waals surface area (Å²) in [7, 11) is 0. The molecule has 0 aromatic heterocycles. The quantitative estimate of drug-likeness (QED) is 0.791. The van der Waals surface area contributed by atoms with Crippen molar-refractivity contribution in [1.29, 1.82) is 0 Å². The average molecular weight is 370 g/mol. The summed E-state index contributed by atoms with van der Waals surface area (Å²) >= 11 is 3.39. The van der Waals surface area contributed by atoms with Crippen LogP contribution in [-0.4, -0.2) is 31.1 Å². The van der Waals surface area contributed by atoms with Gasteiger partial charge in [-0.3, -0.25) is 15.0 Å². The van der Waals surface area contributed by atoms with Gasteiger partial charge in [-0.05, 0) is 35.0 Å². The third-order valence-electron chi connectivity index (χ3n) is 3.20. The predicted molar refractivity (Wildman–Crippen MR) is 82.9 cm³/mol. The fourth-order valence-electron chi connectivity index (χ4n) is 2.17. The zero-order valence-electron chi connectivity index (χ0n) is 12.0. The Morgan fingerprint density at radius 3 is 2.77 bits per heavy atom. The summed E-state index contributed by atoms with van der Waals surface area (Å²) in [5, 5.41) is 0. The Labute approximate surface area is 136 Å². The highest BCUT2D eigenvalue weighted by Crippen LogP contribution is 2.31. The maximum absolute atomic E-state index is 12.1. The Kier molecular flexibility index (Phi) is 5.37. The maximum atomic E-state index is 12.1. The average Bonchev–Trinajstić information content (AvgIpc) is 2.87. The van der Waals surface area contributed by atoms with Gasteiger partial charge in [-0.15, -0.1) is 0 Å².